The molecule has 0 N–H and O–H groups in total. The van der Waals surface area contributed by atoms with Gasteiger partial charge in [0.1, 0.15) is 0 Å². The van der Waals surface area contributed by atoms with Crippen molar-refractivity contribution >= 4 is 5.78 Å². The molecule has 7 atom stereocenters. The fourth-order valence-corrected chi connectivity index (χ4v) is 6.76. The molecule has 0 aromatic heterocycles. The largest absolute Gasteiger partial charge is 0.295 e. The van der Waals surface area contributed by atoms with Crippen molar-refractivity contribution in [3.63, 3.8) is 0 Å². The predicted molar refractivity (Wildman–Crippen MR) is 85.8 cm³/mol. The molecule has 1 heteroatoms. The Kier molecular flexibility index (Phi) is 3.14. The average molecular weight is 286 g/mol. The number of fused-ring (bicyclic) bond motifs is 5. The maximum absolute atomic E-state index is 11.8. The minimum atomic E-state index is 0.390. The third-order valence-electron chi connectivity index (χ3n) is 8.14. The van der Waals surface area contributed by atoms with Crippen molar-refractivity contribution in [1.82, 2.24) is 0 Å². The Hall–Kier alpha value is -0.590. The maximum atomic E-state index is 11.8. The van der Waals surface area contributed by atoms with Crippen LogP contribution >= 0.6 is 0 Å². The Morgan fingerprint density at radius 3 is 2.71 bits per heavy atom. The third kappa shape index (κ3) is 1.92. The van der Waals surface area contributed by atoms with Crippen LogP contribution in [0, 0.1) is 40.9 Å². The van der Waals surface area contributed by atoms with E-state index >= 15 is 0 Å². The van der Waals surface area contributed by atoms with E-state index in [0.29, 0.717) is 17.1 Å². The van der Waals surface area contributed by atoms with Crippen molar-refractivity contribution in [2.75, 3.05) is 0 Å². The van der Waals surface area contributed by atoms with Crippen LogP contribution in [0.3, 0.4) is 0 Å². The number of allylic oxidation sites excluding steroid dienone is 1. The molecule has 21 heavy (non-hydrogen) atoms. The third-order valence-corrected chi connectivity index (χ3v) is 8.14. The van der Waals surface area contributed by atoms with Gasteiger partial charge in [-0.25, -0.2) is 0 Å². The van der Waals surface area contributed by atoms with Crippen LogP contribution in [0.4, 0.5) is 0 Å². The molecule has 3 saturated carbocycles. The van der Waals surface area contributed by atoms with E-state index in [9.17, 15) is 4.79 Å². The Bertz CT molecular complexity index is 490. The quantitative estimate of drug-likeness (QED) is 0.611. The standard InChI is InChI=1S/C20H30O/c1-12-10-18-16(15-6-5-14(21)11-17(12)15)8-9-20(3)13(2)4-7-19(18)20/h11-13,15-16,18-19H,4-10H2,1-3H3/t12?,13-,15?,16?,18?,19?,20+/m0/s1. The molecule has 0 heterocycles. The molecule has 0 aromatic carbocycles. The Balaban J connectivity index is 1.67. The SMILES string of the molecule is CC1CC2C(CC[C@@]3(C)C2CC[C@@H]3C)C2CCC(=O)C=C12. The topological polar surface area (TPSA) is 17.1 Å². The Labute approximate surface area is 129 Å². The first-order valence-electron chi connectivity index (χ1n) is 9.25. The van der Waals surface area contributed by atoms with Gasteiger partial charge in [-0.3, -0.25) is 4.79 Å². The molecule has 0 amide bonds. The van der Waals surface area contributed by atoms with Crippen LogP contribution in [-0.4, -0.2) is 5.78 Å². The molecule has 1 nitrogen and oxygen atoms in total. The van der Waals surface area contributed by atoms with Crippen LogP contribution in [0.25, 0.3) is 0 Å². The molecule has 0 radical (unpaired) electrons. The lowest BCUT2D eigenvalue weighted by atomic mass is 9.50. The molecule has 3 fully saturated rings. The molecule has 0 saturated heterocycles. The number of carbonyl (C=O) groups is 1. The van der Waals surface area contributed by atoms with E-state index in [1.54, 1.807) is 0 Å². The van der Waals surface area contributed by atoms with E-state index in [4.69, 9.17) is 0 Å². The summed E-state index contributed by atoms with van der Waals surface area (Å²) in [6, 6.07) is 0. The van der Waals surface area contributed by atoms with Gasteiger partial charge in [0.2, 0.25) is 0 Å². The fraction of sp³-hybridized carbons (Fsp3) is 0.850. The van der Waals surface area contributed by atoms with Crippen LogP contribution in [0.2, 0.25) is 0 Å². The van der Waals surface area contributed by atoms with E-state index in [0.717, 1.165) is 42.4 Å². The van der Waals surface area contributed by atoms with Gasteiger partial charge in [0.25, 0.3) is 0 Å². The van der Waals surface area contributed by atoms with Crippen LogP contribution in [0.5, 0.6) is 0 Å². The van der Waals surface area contributed by atoms with Crippen molar-refractivity contribution in [3.8, 4) is 0 Å². The summed E-state index contributed by atoms with van der Waals surface area (Å²) < 4.78 is 0. The summed E-state index contributed by atoms with van der Waals surface area (Å²) in [5.74, 6) is 5.51. The lowest BCUT2D eigenvalue weighted by molar-refractivity contribution is -0.116. The lowest BCUT2D eigenvalue weighted by Crippen LogP contribution is -2.47. The first kappa shape index (κ1) is 14.0. The van der Waals surface area contributed by atoms with Crippen LogP contribution in [-0.2, 0) is 4.79 Å². The van der Waals surface area contributed by atoms with E-state index in [2.05, 4.69) is 20.8 Å². The van der Waals surface area contributed by atoms with Gasteiger partial charge >= 0.3 is 0 Å². The van der Waals surface area contributed by atoms with Crippen molar-refractivity contribution in [2.24, 2.45) is 40.9 Å². The highest BCUT2D eigenvalue weighted by atomic mass is 16.1. The molecular weight excluding hydrogens is 256 g/mol. The van der Waals surface area contributed by atoms with Crippen molar-refractivity contribution in [3.05, 3.63) is 11.6 Å². The summed E-state index contributed by atoms with van der Waals surface area (Å²) in [5.41, 5.74) is 2.15. The van der Waals surface area contributed by atoms with Gasteiger partial charge in [0.05, 0.1) is 0 Å². The summed E-state index contributed by atoms with van der Waals surface area (Å²) in [4.78, 5) is 11.8. The molecule has 4 rings (SSSR count). The van der Waals surface area contributed by atoms with E-state index in [1.165, 1.54) is 37.7 Å². The smallest absolute Gasteiger partial charge is 0.155 e. The van der Waals surface area contributed by atoms with E-state index < -0.39 is 0 Å². The van der Waals surface area contributed by atoms with Crippen LogP contribution in [0.15, 0.2) is 11.6 Å². The zero-order chi connectivity index (χ0) is 14.8. The molecule has 5 unspecified atom stereocenters. The summed E-state index contributed by atoms with van der Waals surface area (Å²) in [7, 11) is 0. The number of ketones is 1. The monoisotopic (exact) mass is 286 g/mol. The Morgan fingerprint density at radius 1 is 1.10 bits per heavy atom. The van der Waals surface area contributed by atoms with Crippen molar-refractivity contribution < 1.29 is 4.79 Å². The molecule has 4 aliphatic carbocycles. The normalized spacial score (nSPS) is 52.7. The van der Waals surface area contributed by atoms with Gasteiger partial charge < -0.3 is 0 Å². The van der Waals surface area contributed by atoms with Crippen LogP contribution < -0.4 is 0 Å². The molecular formula is C20H30O. The van der Waals surface area contributed by atoms with Crippen molar-refractivity contribution in [2.45, 2.75) is 65.7 Å². The zero-order valence-electron chi connectivity index (χ0n) is 13.9. The second kappa shape index (κ2) is 4.70. The molecule has 0 aliphatic heterocycles. The summed E-state index contributed by atoms with van der Waals surface area (Å²) in [6.45, 7) is 7.47. The Morgan fingerprint density at radius 2 is 1.90 bits per heavy atom. The van der Waals surface area contributed by atoms with Crippen molar-refractivity contribution in [1.29, 1.82) is 0 Å². The molecule has 0 spiro atoms. The number of carbonyl (C=O) groups excluding carboxylic acids is 1. The van der Waals surface area contributed by atoms with Gasteiger partial charge in [-0.05, 0) is 85.5 Å². The number of hydrogen-bond acceptors (Lipinski definition) is 1. The lowest BCUT2D eigenvalue weighted by Gasteiger charge is -2.55. The average Bonchev–Trinajstić information content (AvgIpc) is 2.76. The molecule has 0 aromatic rings. The van der Waals surface area contributed by atoms with Crippen LogP contribution in [0.1, 0.15) is 65.7 Å². The highest BCUT2D eigenvalue weighted by Gasteiger charge is 2.55. The summed E-state index contributed by atoms with van der Waals surface area (Å²) in [6.07, 6.45) is 11.1. The van der Waals surface area contributed by atoms with Gasteiger partial charge in [-0.15, -0.1) is 0 Å². The minimum Gasteiger partial charge on any atom is -0.295 e. The first-order valence-corrected chi connectivity index (χ1v) is 9.25. The van der Waals surface area contributed by atoms with Gasteiger partial charge in [-0.1, -0.05) is 26.3 Å². The number of hydrogen-bond donors (Lipinski definition) is 0. The molecule has 116 valence electrons. The second-order valence-electron chi connectivity index (χ2n) is 8.85. The van der Waals surface area contributed by atoms with E-state index in [1.807, 2.05) is 6.08 Å². The summed E-state index contributed by atoms with van der Waals surface area (Å²) >= 11 is 0. The first-order chi connectivity index (χ1) is 10.0. The molecule has 4 aliphatic rings. The second-order valence-corrected chi connectivity index (χ2v) is 8.85. The minimum absolute atomic E-state index is 0.390. The van der Waals surface area contributed by atoms with Gasteiger partial charge in [-0.2, -0.15) is 0 Å². The van der Waals surface area contributed by atoms with Gasteiger partial charge in [0, 0.05) is 6.42 Å². The van der Waals surface area contributed by atoms with E-state index in [-0.39, 0.29) is 0 Å². The highest BCUT2D eigenvalue weighted by Crippen LogP contribution is 2.64. The fourth-order valence-electron chi connectivity index (χ4n) is 6.76. The predicted octanol–water partition coefficient (Wildman–Crippen LogP) is 5.01. The zero-order valence-corrected chi connectivity index (χ0v) is 13.9. The molecule has 0 bridgehead atoms. The number of rotatable bonds is 0. The van der Waals surface area contributed by atoms with Gasteiger partial charge in [0.15, 0.2) is 5.78 Å². The summed E-state index contributed by atoms with van der Waals surface area (Å²) in [5, 5.41) is 0. The maximum Gasteiger partial charge on any atom is 0.155 e. The highest BCUT2D eigenvalue weighted by molar-refractivity contribution is 5.91.